The molecule has 4 heteroatoms. The molecule has 1 aromatic rings. The highest BCUT2D eigenvalue weighted by Crippen LogP contribution is 2.09. The molecule has 0 saturated carbocycles. The number of piperidine rings is 1. The molecule has 1 fully saturated rings. The van der Waals surface area contributed by atoms with E-state index in [1.54, 1.807) is 6.20 Å². The molecule has 1 aliphatic rings. The minimum Gasteiger partial charge on any atom is -0.359 e. The molecule has 0 unspecified atom stereocenters. The van der Waals surface area contributed by atoms with Crippen LogP contribution in [0.15, 0.2) is 18.3 Å². The van der Waals surface area contributed by atoms with Gasteiger partial charge >= 0.3 is 0 Å². The third-order valence-corrected chi connectivity index (χ3v) is 2.90. The summed E-state index contributed by atoms with van der Waals surface area (Å²) in [6.07, 6.45) is 3.77. The Balaban J connectivity index is 1.85. The molecular formula is C11H17N3O. The Labute approximate surface area is 89.5 Å². The van der Waals surface area contributed by atoms with E-state index in [1.165, 1.54) is 0 Å². The lowest BCUT2D eigenvalue weighted by atomic mass is 10.1. The summed E-state index contributed by atoms with van der Waals surface area (Å²) in [5, 5.41) is 0. The van der Waals surface area contributed by atoms with Crippen molar-refractivity contribution in [2.45, 2.75) is 18.9 Å². The van der Waals surface area contributed by atoms with Crippen LogP contribution in [-0.4, -0.2) is 41.3 Å². The van der Waals surface area contributed by atoms with Crippen molar-refractivity contribution in [3.63, 3.8) is 0 Å². The summed E-state index contributed by atoms with van der Waals surface area (Å²) in [5.74, 6) is 0.162. The van der Waals surface area contributed by atoms with Crippen LogP contribution < -0.4 is 5.73 Å². The second-order valence-corrected chi connectivity index (χ2v) is 4.12. The van der Waals surface area contributed by atoms with Gasteiger partial charge in [0.1, 0.15) is 0 Å². The summed E-state index contributed by atoms with van der Waals surface area (Å²) in [5.41, 5.74) is 6.50. The molecule has 0 bridgehead atoms. The van der Waals surface area contributed by atoms with Gasteiger partial charge in [-0.05, 0) is 25.0 Å². The standard InChI is InChI=1S/C11H17N3O/c12-9-3-6-14(7-4-9)8-11(15)10-2-1-5-13-10/h1-2,5,9,13H,3-4,6-8,12H2. The molecule has 15 heavy (non-hydrogen) atoms. The van der Waals surface area contributed by atoms with Gasteiger partial charge in [-0.15, -0.1) is 0 Å². The molecule has 1 aliphatic heterocycles. The Morgan fingerprint density at radius 2 is 2.27 bits per heavy atom. The van der Waals surface area contributed by atoms with E-state index in [-0.39, 0.29) is 5.78 Å². The van der Waals surface area contributed by atoms with Crippen LogP contribution in [0.1, 0.15) is 23.3 Å². The fraction of sp³-hybridized carbons (Fsp3) is 0.545. The van der Waals surface area contributed by atoms with E-state index in [4.69, 9.17) is 5.73 Å². The van der Waals surface area contributed by atoms with E-state index < -0.39 is 0 Å². The number of nitrogens with one attached hydrogen (secondary N) is 1. The molecule has 0 atom stereocenters. The predicted molar refractivity (Wildman–Crippen MR) is 58.8 cm³/mol. The summed E-state index contributed by atoms with van der Waals surface area (Å²) >= 11 is 0. The first-order valence-electron chi connectivity index (χ1n) is 5.40. The third kappa shape index (κ3) is 2.67. The first-order valence-corrected chi connectivity index (χ1v) is 5.40. The topological polar surface area (TPSA) is 62.1 Å². The van der Waals surface area contributed by atoms with Gasteiger partial charge in [0.25, 0.3) is 0 Å². The van der Waals surface area contributed by atoms with Crippen LogP contribution in [0.2, 0.25) is 0 Å². The van der Waals surface area contributed by atoms with Gasteiger partial charge in [-0.1, -0.05) is 0 Å². The first-order chi connectivity index (χ1) is 7.25. The smallest absolute Gasteiger partial charge is 0.192 e. The molecule has 82 valence electrons. The number of aromatic amines is 1. The van der Waals surface area contributed by atoms with Gasteiger partial charge in [0, 0.05) is 25.3 Å². The van der Waals surface area contributed by atoms with Gasteiger partial charge in [-0.2, -0.15) is 0 Å². The lowest BCUT2D eigenvalue weighted by Gasteiger charge is -2.29. The maximum absolute atomic E-state index is 11.8. The number of likely N-dealkylation sites (tertiary alicyclic amines) is 1. The predicted octanol–water partition coefficient (Wildman–Crippen LogP) is 0.620. The molecule has 2 heterocycles. The number of aromatic nitrogens is 1. The van der Waals surface area contributed by atoms with Gasteiger partial charge < -0.3 is 10.7 Å². The molecule has 1 saturated heterocycles. The summed E-state index contributed by atoms with van der Waals surface area (Å²) < 4.78 is 0. The highest BCUT2D eigenvalue weighted by Gasteiger charge is 2.18. The summed E-state index contributed by atoms with van der Waals surface area (Å²) in [6, 6.07) is 3.99. The summed E-state index contributed by atoms with van der Waals surface area (Å²) in [4.78, 5) is 16.9. The molecule has 1 aromatic heterocycles. The maximum atomic E-state index is 11.8. The Morgan fingerprint density at radius 1 is 1.53 bits per heavy atom. The Morgan fingerprint density at radius 3 is 2.87 bits per heavy atom. The molecule has 4 nitrogen and oxygen atoms in total. The zero-order valence-electron chi connectivity index (χ0n) is 8.78. The van der Waals surface area contributed by atoms with Crippen molar-refractivity contribution in [3.8, 4) is 0 Å². The van der Waals surface area contributed by atoms with Crippen molar-refractivity contribution in [1.29, 1.82) is 0 Å². The quantitative estimate of drug-likeness (QED) is 0.714. The summed E-state index contributed by atoms with van der Waals surface area (Å²) in [6.45, 7) is 2.38. The molecule has 0 spiro atoms. The zero-order valence-corrected chi connectivity index (χ0v) is 8.78. The van der Waals surface area contributed by atoms with Crippen molar-refractivity contribution in [2.24, 2.45) is 5.73 Å². The number of H-pyrrole nitrogens is 1. The van der Waals surface area contributed by atoms with Crippen LogP contribution in [0.4, 0.5) is 0 Å². The fourth-order valence-corrected chi connectivity index (χ4v) is 1.90. The number of carbonyl (C=O) groups excluding carboxylic acids is 1. The van der Waals surface area contributed by atoms with Crippen molar-refractivity contribution in [1.82, 2.24) is 9.88 Å². The van der Waals surface area contributed by atoms with Crippen LogP contribution in [0, 0.1) is 0 Å². The lowest BCUT2D eigenvalue weighted by molar-refractivity contribution is 0.0905. The molecule has 0 aliphatic carbocycles. The Hall–Kier alpha value is -1.13. The molecule has 0 amide bonds. The zero-order chi connectivity index (χ0) is 10.7. The first kappa shape index (κ1) is 10.4. The number of hydrogen-bond acceptors (Lipinski definition) is 3. The average molecular weight is 207 g/mol. The van der Waals surface area contributed by atoms with Gasteiger partial charge in [0.05, 0.1) is 12.2 Å². The van der Waals surface area contributed by atoms with Gasteiger partial charge in [-0.25, -0.2) is 0 Å². The highest BCUT2D eigenvalue weighted by atomic mass is 16.1. The van der Waals surface area contributed by atoms with Crippen LogP contribution in [-0.2, 0) is 0 Å². The number of Topliss-reactive ketones (excluding diaryl/α,β-unsaturated/α-hetero) is 1. The highest BCUT2D eigenvalue weighted by molar-refractivity contribution is 5.95. The second kappa shape index (κ2) is 4.59. The van der Waals surface area contributed by atoms with Crippen LogP contribution in [0.25, 0.3) is 0 Å². The minimum absolute atomic E-state index is 0.162. The van der Waals surface area contributed by atoms with Gasteiger partial charge in [-0.3, -0.25) is 9.69 Å². The minimum atomic E-state index is 0.162. The normalized spacial score (nSPS) is 19.3. The number of ketones is 1. The number of nitrogens with two attached hydrogens (primary N) is 1. The molecule has 2 rings (SSSR count). The monoisotopic (exact) mass is 207 g/mol. The van der Waals surface area contributed by atoms with Crippen molar-refractivity contribution < 1.29 is 4.79 Å². The lowest BCUT2D eigenvalue weighted by Crippen LogP contribution is -2.41. The number of carbonyl (C=O) groups is 1. The average Bonchev–Trinajstić information content (AvgIpc) is 2.74. The van der Waals surface area contributed by atoms with E-state index in [2.05, 4.69) is 9.88 Å². The number of nitrogens with zero attached hydrogens (tertiary/aromatic N) is 1. The van der Waals surface area contributed by atoms with E-state index in [0.717, 1.165) is 25.9 Å². The second-order valence-electron chi connectivity index (χ2n) is 4.12. The third-order valence-electron chi connectivity index (χ3n) is 2.90. The van der Waals surface area contributed by atoms with Crippen molar-refractivity contribution >= 4 is 5.78 Å². The number of rotatable bonds is 3. The van der Waals surface area contributed by atoms with Crippen LogP contribution in [0.5, 0.6) is 0 Å². The van der Waals surface area contributed by atoms with Gasteiger partial charge in [0.15, 0.2) is 5.78 Å². The molecule has 3 N–H and O–H groups in total. The van der Waals surface area contributed by atoms with Gasteiger partial charge in [0.2, 0.25) is 0 Å². The largest absolute Gasteiger partial charge is 0.359 e. The van der Waals surface area contributed by atoms with E-state index >= 15 is 0 Å². The SMILES string of the molecule is NC1CCN(CC(=O)c2ccc[nH]2)CC1. The fourth-order valence-electron chi connectivity index (χ4n) is 1.90. The number of hydrogen-bond donors (Lipinski definition) is 2. The van der Waals surface area contributed by atoms with Crippen LogP contribution in [0.3, 0.4) is 0 Å². The summed E-state index contributed by atoms with van der Waals surface area (Å²) in [7, 11) is 0. The Kier molecular flexibility index (Phi) is 3.18. The Bertz CT molecular complexity index is 313. The molecular weight excluding hydrogens is 190 g/mol. The van der Waals surface area contributed by atoms with Crippen molar-refractivity contribution in [3.05, 3.63) is 24.0 Å². The molecule has 0 aromatic carbocycles. The van der Waals surface area contributed by atoms with Crippen molar-refractivity contribution in [2.75, 3.05) is 19.6 Å². The maximum Gasteiger partial charge on any atom is 0.192 e. The molecule has 0 radical (unpaired) electrons. The van der Waals surface area contributed by atoms with Crippen LogP contribution >= 0.6 is 0 Å². The van der Waals surface area contributed by atoms with E-state index in [1.807, 2.05) is 12.1 Å². The van der Waals surface area contributed by atoms with E-state index in [0.29, 0.717) is 18.3 Å². The van der Waals surface area contributed by atoms with E-state index in [9.17, 15) is 4.79 Å².